The lowest BCUT2D eigenvalue weighted by atomic mass is 10.1. The van der Waals surface area contributed by atoms with Crippen molar-refractivity contribution >= 4 is 5.91 Å². The summed E-state index contributed by atoms with van der Waals surface area (Å²) in [5, 5.41) is 11.5. The van der Waals surface area contributed by atoms with E-state index in [0.717, 1.165) is 24.0 Å². The SMILES string of the molecule is O=C(NCc1ccc(C#CCO)cc1)C1CC1. The van der Waals surface area contributed by atoms with E-state index in [9.17, 15) is 4.79 Å². The molecule has 0 radical (unpaired) electrons. The van der Waals surface area contributed by atoms with Gasteiger partial charge in [-0.15, -0.1) is 0 Å². The molecular formula is C14H15NO2. The van der Waals surface area contributed by atoms with Crippen LogP contribution in [0, 0.1) is 17.8 Å². The van der Waals surface area contributed by atoms with Gasteiger partial charge in [0.1, 0.15) is 6.61 Å². The summed E-state index contributed by atoms with van der Waals surface area (Å²) in [4.78, 5) is 11.4. The molecule has 1 fully saturated rings. The Bertz CT molecular complexity index is 449. The van der Waals surface area contributed by atoms with Gasteiger partial charge in [-0.25, -0.2) is 0 Å². The number of amides is 1. The predicted molar refractivity (Wildman–Crippen MR) is 65.0 cm³/mol. The molecule has 1 aliphatic carbocycles. The highest BCUT2D eigenvalue weighted by molar-refractivity contribution is 5.80. The van der Waals surface area contributed by atoms with Gasteiger partial charge in [0.15, 0.2) is 0 Å². The molecule has 0 heterocycles. The minimum Gasteiger partial charge on any atom is -0.384 e. The highest BCUT2D eigenvalue weighted by atomic mass is 16.2. The molecule has 1 amide bonds. The molecule has 3 nitrogen and oxygen atoms in total. The molecule has 0 unspecified atom stereocenters. The molecule has 1 aliphatic rings. The summed E-state index contributed by atoms with van der Waals surface area (Å²) < 4.78 is 0. The molecule has 2 rings (SSSR count). The standard InChI is InChI=1S/C14H15NO2/c16-9-1-2-11-3-5-12(6-4-11)10-15-14(17)13-7-8-13/h3-6,13,16H,7-10H2,(H,15,17). The molecule has 0 atom stereocenters. The van der Waals surface area contributed by atoms with E-state index in [0.29, 0.717) is 6.54 Å². The van der Waals surface area contributed by atoms with Crippen LogP contribution >= 0.6 is 0 Å². The highest BCUT2D eigenvalue weighted by Gasteiger charge is 2.29. The van der Waals surface area contributed by atoms with Gasteiger partial charge in [0, 0.05) is 18.0 Å². The van der Waals surface area contributed by atoms with Gasteiger partial charge in [-0.3, -0.25) is 4.79 Å². The summed E-state index contributed by atoms with van der Waals surface area (Å²) in [6.07, 6.45) is 2.06. The number of aliphatic hydroxyl groups is 1. The van der Waals surface area contributed by atoms with Crippen molar-refractivity contribution < 1.29 is 9.90 Å². The van der Waals surface area contributed by atoms with Crippen LogP contribution in [0.15, 0.2) is 24.3 Å². The van der Waals surface area contributed by atoms with Gasteiger partial charge in [0.05, 0.1) is 0 Å². The second-order valence-corrected chi connectivity index (χ2v) is 4.15. The van der Waals surface area contributed by atoms with Crippen molar-refractivity contribution in [1.82, 2.24) is 5.32 Å². The largest absolute Gasteiger partial charge is 0.384 e. The monoisotopic (exact) mass is 229 g/mol. The van der Waals surface area contributed by atoms with E-state index < -0.39 is 0 Å². The maximum atomic E-state index is 11.4. The number of hydrogen-bond donors (Lipinski definition) is 2. The van der Waals surface area contributed by atoms with Gasteiger partial charge in [-0.05, 0) is 30.5 Å². The zero-order valence-electron chi connectivity index (χ0n) is 9.57. The van der Waals surface area contributed by atoms with Crippen molar-refractivity contribution in [2.45, 2.75) is 19.4 Å². The molecule has 0 saturated heterocycles. The van der Waals surface area contributed by atoms with E-state index in [1.54, 1.807) is 0 Å². The summed E-state index contributed by atoms with van der Waals surface area (Å²) in [5.74, 6) is 5.84. The van der Waals surface area contributed by atoms with Gasteiger partial charge in [-0.2, -0.15) is 0 Å². The number of aliphatic hydroxyl groups excluding tert-OH is 1. The molecule has 3 heteroatoms. The lowest BCUT2D eigenvalue weighted by Crippen LogP contribution is -2.24. The number of nitrogens with one attached hydrogen (secondary N) is 1. The first-order valence-electron chi connectivity index (χ1n) is 5.76. The van der Waals surface area contributed by atoms with Crippen molar-refractivity contribution in [3.8, 4) is 11.8 Å². The summed E-state index contributed by atoms with van der Waals surface area (Å²) >= 11 is 0. The Hall–Kier alpha value is -1.79. The normalized spacial score (nSPS) is 13.7. The topological polar surface area (TPSA) is 49.3 Å². The molecule has 1 aromatic rings. The highest BCUT2D eigenvalue weighted by Crippen LogP contribution is 2.28. The molecule has 88 valence electrons. The Morgan fingerprint density at radius 2 is 2.06 bits per heavy atom. The summed E-state index contributed by atoms with van der Waals surface area (Å²) in [6, 6.07) is 7.66. The number of carbonyl (C=O) groups is 1. The molecule has 1 saturated carbocycles. The van der Waals surface area contributed by atoms with E-state index in [1.165, 1.54) is 0 Å². The molecule has 1 aromatic carbocycles. The van der Waals surface area contributed by atoms with Crippen LogP contribution in [0.1, 0.15) is 24.0 Å². The quantitative estimate of drug-likeness (QED) is 0.761. The molecule has 2 N–H and O–H groups in total. The third kappa shape index (κ3) is 3.61. The van der Waals surface area contributed by atoms with Crippen LogP contribution in [-0.4, -0.2) is 17.6 Å². The Morgan fingerprint density at radius 1 is 1.35 bits per heavy atom. The summed E-state index contributed by atoms with van der Waals surface area (Å²) in [7, 11) is 0. The van der Waals surface area contributed by atoms with Crippen LogP contribution in [0.25, 0.3) is 0 Å². The Balaban J connectivity index is 1.86. The van der Waals surface area contributed by atoms with Crippen LogP contribution in [0.2, 0.25) is 0 Å². The van der Waals surface area contributed by atoms with Crippen LogP contribution in [-0.2, 0) is 11.3 Å². The number of carbonyl (C=O) groups excluding carboxylic acids is 1. The van der Waals surface area contributed by atoms with E-state index in [4.69, 9.17) is 5.11 Å². The number of hydrogen-bond acceptors (Lipinski definition) is 2. The average Bonchev–Trinajstić information content (AvgIpc) is 3.19. The zero-order chi connectivity index (χ0) is 12.1. The second kappa shape index (κ2) is 5.51. The van der Waals surface area contributed by atoms with Crippen molar-refractivity contribution in [2.75, 3.05) is 6.61 Å². The van der Waals surface area contributed by atoms with Crippen LogP contribution in [0.4, 0.5) is 0 Å². The van der Waals surface area contributed by atoms with E-state index in [1.807, 2.05) is 24.3 Å². The average molecular weight is 229 g/mol. The number of rotatable bonds is 3. The molecule has 0 spiro atoms. The second-order valence-electron chi connectivity index (χ2n) is 4.15. The fraction of sp³-hybridized carbons (Fsp3) is 0.357. The Kier molecular flexibility index (Phi) is 3.79. The van der Waals surface area contributed by atoms with Gasteiger partial charge in [-0.1, -0.05) is 24.0 Å². The minimum atomic E-state index is -0.126. The van der Waals surface area contributed by atoms with E-state index in [2.05, 4.69) is 17.2 Å². The van der Waals surface area contributed by atoms with Crippen LogP contribution in [0.5, 0.6) is 0 Å². The Morgan fingerprint density at radius 3 is 2.65 bits per heavy atom. The van der Waals surface area contributed by atoms with E-state index >= 15 is 0 Å². The summed E-state index contributed by atoms with van der Waals surface area (Å²) in [6.45, 7) is 0.447. The summed E-state index contributed by atoms with van der Waals surface area (Å²) in [5.41, 5.74) is 1.94. The molecular weight excluding hydrogens is 214 g/mol. The van der Waals surface area contributed by atoms with Crippen LogP contribution < -0.4 is 5.32 Å². The maximum absolute atomic E-state index is 11.4. The van der Waals surface area contributed by atoms with Gasteiger partial charge < -0.3 is 10.4 Å². The van der Waals surface area contributed by atoms with Crippen molar-refractivity contribution in [1.29, 1.82) is 0 Å². The van der Waals surface area contributed by atoms with Gasteiger partial charge in [0.2, 0.25) is 5.91 Å². The first kappa shape index (κ1) is 11.7. The fourth-order valence-electron chi connectivity index (χ4n) is 1.53. The maximum Gasteiger partial charge on any atom is 0.223 e. The number of benzene rings is 1. The molecule has 17 heavy (non-hydrogen) atoms. The predicted octanol–water partition coefficient (Wildman–Crippen LogP) is 1.06. The van der Waals surface area contributed by atoms with Crippen molar-refractivity contribution in [3.05, 3.63) is 35.4 Å². The zero-order valence-corrected chi connectivity index (χ0v) is 9.57. The molecule has 0 aromatic heterocycles. The molecule has 0 aliphatic heterocycles. The van der Waals surface area contributed by atoms with Crippen LogP contribution in [0.3, 0.4) is 0 Å². The van der Waals surface area contributed by atoms with Crippen molar-refractivity contribution in [2.24, 2.45) is 5.92 Å². The van der Waals surface area contributed by atoms with Gasteiger partial charge >= 0.3 is 0 Å². The fourth-order valence-corrected chi connectivity index (χ4v) is 1.53. The lowest BCUT2D eigenvalue weighted by molar-refractivity contribution is -0.122. The molecule has 0 bridgehead atoms. The lowest BCUT2D eigenvalue weighted by Gasteiger charge is -2.04. The minimum absolute atomic E-state index is 0.126. The third-order valence-electron chi connectivity index (χ3n) is 2.68. The van der Waals surface area contributed by atoms with E-state index in [-0.39, 0.29) is 18.4 Å². The smallest absolute Gasteiger partial charge is 0.223 e. The third-order valence-corrected chi connectivity index (χ3v) is 2.68. The Labute approximate surface area is 101 Å². The first-order chi connectivity index (χ1) is 8.29. The first-order valence-corrected chi connectivity index (χ1v) is 5.76. The van der Waals surface area contributed by atoms with Crippen molar-refractivity contribution in [3.63, 3.8) is 0 Å². The van der Waals surface area contributed by atoms with Gasteiger partial charge in [0.25, 0.3) is 0 Å².